The van der Waals surface area contributed by atoms with E-state index in [0.717, 1.165) is 36.5 Å². The molecule has 3 heterocycles. The maximum Gasteiger partial charge on any atom is 0.265 e. The highest BCUT2D eigenvalue weighted by molar-refractivity contribution is 7.16. The normalized spacial score (nSPS) is 17.3. The molecule has 1 aromatic carbocycles. The van der Waals surface area contributed by atoms with Crippen molar-refractivity contribution in [2.75, 3.05) is 6.54 Å². The van der Waals surface area contributed by atoms with Crippen LogP contribution >= 0.6 is 11.3 Å². The van der Waals surface area contributed by atoms with Gasteiger partial charge in [0.1, 0.15) is 9.88 Å². The predicted molar refractivity (Wildman–Crippen MR) is 93.8 cm³/mol. The number of thiazole rings is 1. The van der Waals surface area contributed by atoms with Crippen molar-refractivity contribution in [3.63, 3.8) is 0 Å². The molecule has 3 aromatic rings. The van der Waals surface area contributed by atoms with Crippen molar-refractivity contribution < 1.29 is 4.79 Å². The fourth-order valence-corrected chi connectivity index (χ4v) is 4.02. The molecule has 1 atom stereocenters. The number of amides is 1. The molecule has 6 heteroatoms. The number of likely N-dealkylation sites (tertiary alicyclic amines) is 1. The van der Waals surface area contributed by atoms with Gasteiger partial charge >= 0.3 is 0 Å². The van der Waals surface area contributed by atoms with E-state index >= 15 is 0 Å². The number of carbonyl (C=O) groups excluding carboxylic acids is 1. The molecule has 0 N–H and O–H groups in total. The summed E-state index contributed by atoms with van der Waals surface area (Å²) in [6, 6.07) is 12.1. The standard InChI is InChI=1S/C18H18N4OS/c23-18(16-12-19-17(24-16)14-6-2-1-3-7-14)22-11-4-8-15(22)13-21-10-5-9-20-21/h1-3,5-7,9-10,12,15H,4,8,11,13H2. The lowest BCUT2D eigenvalue weighted by atomic mass is 10.2. The number of benzene rings is 1. The Balaban J connectivity index is 1.52. The summed E-state index contributed by atoms with van der Waals surface area (Å²) in [6.07, 6.45) is 7.49. The van der Waals surface area contributed by atoms with Gasteiger partial charge in [-0.15, -0.1) is 11.3 Å². The van der Waals surface area contributed by atoms with Crippen molar-refractivity contribution in [1.82, 2.24) is 19.7 Å². The molecule has 0 spiro atoms. The van der Waals surface area contributed by atoms with Gasteiger partial charge in [-0.3, -0.25) is 9.48 Å². The predicted octanol–water partition coefficient (Wildman–Crippen LogP) is 3.31. The van der Waals surface area contributed by atoms with Crippen LogP contribution in [0.3, 0.4) is 0 Å². The third-order valence-electron chi connectivity index (χ3n) is 4.33. The first-order chi connectivity index (χ1) is 11.8. The van der Waals surface area contributed by atoms with Crippen LogP contribution in [0, 0.1) is 0 Å². The number of nitrogens with zero attached hydrogens (tertiary/aromatic N) is 4. The maximum atomic E-state index is 12.9. The minimum atomic E-state index is 0.0873. The lowest BCUT2D eigenvalue weighted by Crippen LogP contribution is -2.37. The van der Waals surface area contributed by atoms with Gasteiger partial charge in [0.15, 0.2) is 0 Å². The van der Waals surface area contributed by atoms with Gasteiger partial charge in [-0.1, -0.05) is 30.3 Å². The number of hydrogen-bond acceptors (Lipinski definition) is 4. The highest BCUT2D eigenvalue weighted by Gasteiger charge is 2.30. The van der Waals surface area contributed by atoms with E-state index in [1.807, 2.05) is 52.2 Å². The van der Waals surface area contributed by atoms with Crippen LogP contribution in [0.2, 0.25) is 0 Å². The average Bonchev–Trinajstić information content (AvgIpc) is 3.37. The average molecular weight is 338 g/mol. The number of hydrogen-bond donors (Lipinski definition) is 0. The molecule has 1 aliphatic heterocycles. The largest absolute Gasteiger partial charge is 0.333 e. The quantitative estimate of drug-likeness (QED) is 0.733. The van der Waals surface area contributed by atoms with Crippen LogP contribution < -0.4 is 0 Å². The van der Waals surface area contributed by atoms with Crippen molar-refractivity contribution in [3.05, 3.63) is 59.9 Å². The second-order valence-corrected chi connectivity index (χ2v) is 6.95. The molecule has 1 saturated heterocycles. The molecule has 0 bridgehead atoms. The molecule has 2 aromatic heterocycles. The van der Waals surface area contributed by atoms with E-state index < -0.39 is 0 Å². The third kappa shape index (κ3) is 2.97. The van der Waals surface area contributed by atoms with Crippen molar-refractivity contribution in [2.24, 2.45) is 0 Å². The summed E-state index contributed by atoms with van der Waals surface area (Å²) in [5.74, 6) is 0.0873. The lowest BCUT2D eigenvalue weighted by Gasteiger charge is -2.24. The summed E-state index contributed by atoms with van der Waals surface area (Å²) in [7, 11) is 0. The first kappa shape index (κ1) is 15.1. The van der Waals surface area contributed by atoms with Crippen molar-refractivity contribution >= 4 is 17.2 Å². The zero-order valence-electron chi connectivity index (χ0n) is 13.2. The Bertz CT molecular complexity index is 813. The molecular formula is C18H18N4OS. The molecule has 24 heavy (non-hydrogen) atoms. The summed E-state index contributed by atoms with van der Waals surface area (Å²) >= 11 is 1.47. The van der Waals surface area contributed by atoms with Crippen molar-refractivity contribution in [3.8, 4) is 10.6 Å². The highest BCUT2D eigenvalue weighted by Crippen LogP contribution is 2.28. The lowest BCUT2D eigenvalue weighted by molar-refractivity contribution is 0.0726. The summed E-state index contributed by atoms with van der Waals surface area (Å²) in [4.78, 5) is 20.0. The maximum absolute atomic E-state index is 12.9. The molecule has 1 unspecified atom stereocenters. The highest BCUT2D eigenvalue weighted by atomic mass is 32.1. The monoisotopic (exact) mass is 338 g/mol. The van der Waals surface area contributed by atoms with Gasteiger partial charge in [0, 0.05) is 24.5 Å². The Hall–Kier alpha value is -2.47. The fraction of sp³-hybridized carbons (Fsp3) is 0.278. The topological polar surface area (TPSA) is 51.0 Å². The fourth-order valence-electron chi connectivity index (χ4n) is 3.15. The SMILES string of the molecule is O=C(c1cnc(-c2ccccc2)s1)N1CCCC1Cn1cccn1. The van der Waals surface area contributed by atoms with Gasteiger partial charge < -0.3 is 4.90 Å². The zero-order valence-corrected chi connectivity index (χ0v) is 14.0. The van der Waals surface area contributed by atoms with Crippen LogP contribution in [0.25, 0.3) is 10.6 Å². The summed E-state index contributed by atoms with van der Waals surface area (Å²) < 4.78 is 1.90. The summed E-state index contributed by atoms with van der Waals surface area (Å²) in [5.41, 5.74) is 1.05. The van der Waals surface area contributed by atoms with Crippen LogP contribution in [0.4, 0.5) is 0 Å². The minimum absolute atomic E-state index is 0.0873. The minimum Gasteiger partial charge on any atom is -0.333 e. The van der Waals surface area contributed by atoms with Crippen LogP contribution in [0.5, 0.6) is 0 Å². The molecule has 5 nitrogen and oxygen atoms in total. The Morgan fingerprint density at radius 1 is 1.25 bits per heavy atom. The molecule has 0 radical (unpaired) electrons. The van der Waals surface area contributed by atoms with E-state index in [4.69, 9.17) is 0 Å². The summed E-state index contributed by atoms with van der Waals surface area (Å²) in [5, 5.41) is 5.15. The Labute approximate surface area is 144 Å². The zero-order chi connectivity index (χ0) is 16.4. The van der Waals surface area contributed by atoms with E-state index in [0.29, 0.717) is 4.88 Å². The van der Waals surface area contributed by atoms with Gasteiger partial charge in [0.2, 0.25) is 0 Å². The van der Waals surface area contributed by atoms with E-state index in [1.165, 1.54) is 11.3 Å². The van der Waals surface area contributed by atoms with Crippen LogP contribution in [0.1, 0.15) is 22.5 Å². The van der Waals surface area contributed by atoms with E-state index in [1.54, 1.807) is 12.4 Å². The van der Waals surface area contributed by atoms with Crippen molar-refractivity contribution in [2.45, 2.75) is 25.4 Å². The first-order valence-corrected chi connectivity index (χ1v) is 8.92. The number of rotatable bonds is 4. The molecule has 1 aliphatic rings. The van der Waals surface area contributed by atoms with E-state index in [2.05, 4.69) is 10.1 Å². The van der Waals surface area contributed by atoms with Crippen molar-refractivity contribution in [1.29, 1.82) is 0 Å². The first-order valence-electron chi connectivity index (χ1n) is 8.11. The van der Waals surface area contributed by atoms with Gasteiger partial charge in [-0.2, -0.15) is 5.10 Å². The summed E-state index contributed by atoms with van der Waals surface area (Å²) in [6.45, 7) is 1.56. The molecule has 1 amide bonds. The van der Waals surface area contributed by atoms with Crippen LogP contribution in [0.15, 0.2) is 55.0 Å². The molecular weight excluding hydrogens is 320 g/mol. The van der Waals surface area contributed by atoms with Crippen LogP contribution in [-0.2, 0) is 6.54 Å². The van der Waals surface area contributed by atoms with Gasteiger partial charge in [0.05, 0.1) is 18.8 Å². The molecule has 4 rings (SSSR count). The molecule has 0 saturated carbocycles. The smallest absolute Gasteiger partial charge is 0.265 e. The third-order valence-corrected chi connectivity index (χ3v) is 5.37. The van der Waals surface area contributed by atoms with E-state index in [9.17, 15) is 4.79 Å². The molecule has 122 valence electrons. The van der Waals surface area contributed by atoms with E-state index in [-0.39, 0.29) is 11.9 Å². The Kier molecular flexibility index (Phi) is 4.13. The number of carbonyl (C=O) groups is 1. The second-order valence-electron chi connectivity index (χ2n) is 5.92. The van der Waals surface area contributed by atoms with Gasteiger partial charge in [0.25, 0.3) is 5.91 Å². The van der Waals surface area contributed by atoms with Gasteiger partial charge in [-0.25, -0.2) is 4.98 Å². The second kappa shape index (κ2) is 6.57. The molecule has 1 fully saturated rings. The Morgan fingerprint density at radius 3 is 2.92 bits per heavy atom. The van der Waals surface area contributed by atoms with Gasteiger partial charge in [-0.05, 0) is 18.9 Å². The van der Waals surface area contributed by atoms with Crippen LogP contribution in [-0.4, -0.2) is 38.2 Å². The number of aromatic nitrogens is 3. The molecule has 0 aliphatic carbocycles. The Morgan fingerprint density at radius 2 is 2.12 bits per heavy atom.